The highest BCUT2D eigenvalue weighted by molar-refractivity contribution is 9.10. The molecular weight excluding hydrogens is 450 g/mol. The van der Waals surface area contributed by atoms with E-state index in [1.807, 2.05) is 36.4 Å². The van der Waals surface area contributed by atoms with Crippen LogP contribution in [-0.2, 0) is 11.2 Å². The summed E-state index contributed by atoms with van der Waals surface area (Å²) in [6.45, 7) is 1.77. The fourth-order valence-electron chi connectivity index (χ4n) is 2.62. The van der Waals surface area contributed by atoms with Crippen molar-refractivity contribution < 1.29 is 18.7 Å². The summed E-state index contributed by atoms with van der Waals surface area (Å²) in [4.78, 5) is 24.2. The van der Waals surface area contributed by atoms with E-state index in [4.69, 9.17) is 9.15 Å². The zero-order chi connectivity index (χ0) is 21.5. The lowest BCUT2D eigenvalue weighted by Crippen LogP contribution is -2.18. The van der Waals surface area contributed by atoms with E-state index in [0.717, 1.165) is 16.9 Å². The number of nitrogens with one attached hydrogen (secondary N) is 2. The van der Waals surface area contributed by atoms with Crippen LogP contribution >= 0.6 is 15.9 Å². The molecule has 0 aliphatic heterocycles. The van der Waals surface area contributed by atoms with Crippen LogP contribution < -0.4 is 15.5 Å². The van der Waals surface area contributed by atoms with Gasteiger partial charge in [-0.15, -0.1) is 0 Å². The van der Waals surface area contributed by atoms with Gasteiger partial charge in [0.05, 0.1) is 19.2 Å². The molecule has 154 valence electrons. The highest BCUT2D eigenvalue weighted by atomic mass is 79.9. The maximum atomic E-state index is 12.2. The number of ether oxygens (including phenoxy) is 1. The maximum absolute atomic E-state index is 12.2. The monoisotopic (exact) mass is 469 g/mol. The van der Waals surface area contributed by atoms with E-state index >= 15 is 0 Å². The fourth-order valence-corrected chi connectivity index (χ4v) is 2.93. The van der Waals surface area contributed by atoms with Crippen molar-refractivity contribution >= 4 is 39.1 Å². The Labute approximate surface area is 182 Å². The zero-order valence-electron chi connectivity index (χ0n) is 16.4. The minimum absolute atomic E-state index is 0.116. The molecule has 1 aromatic heterocycles. The number of furan rings is 1. The number of anilines is 1. The second-order valence-corrected chi connectivity index (χ2v) is 7.17. The van der Waals surface area contributed by atoms with Gasteiger partial charge in [0.15, 0.2) is 10.4 Å². The largest absolute Gasteiger partial charge is 0.497 e. The van der Waals surface area contributed by atoms with Crippen LogP contribution in [0.15, 0.2) is 74.9 Å². The number of rotatable bonds is 7. The summed E-state index contributed by atoms with van der Waals surface area (Å²) >= 11 is 3.15. The Morgan fingerprint density at radius 2 is 1.73 bits per heavy atom. The Morgan fingerprint density at radius 3 is 2.33 bits per heavy atom. The number of hydrogen-bond acceptors (Lipinski definition) is 5. The Hall–Kier alpha value is -3.39. The number of carbonyl (C=O) groups excluding carboxylic acids is 2. The lowest BCUT2D eigenvalue weighted by Gasteiger charge is -2.07. The van der Waals surface area contributed by atoms with Crippen molar-refractivity contribution in [1.82, 2.24) is 5.43 Å². The third kappa shape index (κ3) is 5.81. The van der Waals surface area contributed by atoms with E-state index in [9.17, 15) is 9.59 Å². The van der Waals surface area contributed by atoms with Crippen molar-refractivity contribution in [2.75, 3.05) is 12.4 Å². The van der Waals surface area contributed by atoms with Crippen LogP contribution in [0.5, 0.6) is 5.75 Å². The smallest absolute Gasteiger partial charge is 0.307 e. The predicted octanol–water partition coefficient (Wildman–Crippen LogP) is 4.39. The molecule has 0 radical (unpaired) electrons. The van der Waals surface area contributed by atoms with Crippen molar-refractivity contribution in [1.29, 1.82) is 0 Å². The number of carbonyl (C=O) groups is 2. The Kier molecular flexibility index (Phi) is 7.03. The number of halogens is 1. The fraction of sp³-hybridized carbons (Fsp3) is 0.136. The zero-order valence-corrected chi connectivity index (χ0v) is 18.0. The second kappa shape index (κ2) is 9.89. The van der Waals surface area contributed by atoms with Crippen LogP contribution in [0.25, 0.3) is 0 Å². The van der Waals surface area contributed by atoms with Crippen molar-refractivity contribution in [2.24, 2.45) is 5.10 Å². The van der Waals surface area contributed by atoms with E-state index in [0.29, 0.717) is 16.1 Å². The number of amides is 2. The maximum Gasteiger partial charge on any atom is 0.307 e. The first kappa shape index (κ1) is 21.3. The van der Waals surface area contributed by atoms with E-state index in [1.54, 1.807) is 38.3 Å². The summed E-state index contributed by atoms with van der Waals surface area (Å²) in [5.74, 6) is 0.353. The van der Waals surface area contributed by atoms with Gasteiger partial charge in [-0.05, 0) is 70.4 Å². The molecule has 8 heteroatoms. The molecule has 0 fully saturated rings. The van der Waals surface area contributed by atoms with Gasteiger partial charge in [0, 0.05) is 5.69 Å². The molecule has 0 atom stereocenters. The minimum atomic E-state index is -0.442. The van der Waals surface area contributed by atoms with Crippen molar-refractivity contribution in [3.8, 4) is 5.75 Å². The number of methoxy groups -OCH3 is 1. The van der Waals surface area contributed by atoms with Gasteiger partial charge < -0.3 is 14.5 Å². The topological polar surface area (TPSA) is 92.9 Å². The second-order valence-electron chi connectivity index (χ2n) is 6.39. The molecule has 3 aromatic rings. The molecule has 0 unspecified atom stereocenters. The quantitative estimate of drug-likeness (QED) is 0.396. The minimum Gasteiger partial charge on any atom is -0.497 e. The van der Waals surface area contributed by atoms with E-state index in [-0.39, 0.29) is 18.1 Å². The highest BCUT2D eigenvalue weighted by Crippen LogP contribution is 2.15. The average molecular weight is 470 g/mol. The summed E-state index contributed by atoms with van der Waals surface area (Å²) in [5, 5.41) is 6.95. The first-order valence-electron chi connectivity index (χ1n) is 9.08. The van der Waals surface area contributed by atoms with Crippen molar-refractivity contribution in [3.63, 3.8) is 0 Å². The van der Waals surface area contributed by atoms with Crippen LogP contribution in [-0.4, -0.2) is 24.6 Å². The van der Waals surface area contributed by atoms with Gasteiger partial charge in [0.2, 0.25) is 5.91 Å². The molecular formula is C22H20BrN3O4. The molecule has 0 aliphatic rings. The molecule has 0 bridgehead atoms. The molecule has 2 amide bonds. The first-order chi connectivity index (χ1) is 14.4. The van der Waals surface area contributed by atoms with Crippen molar-refractivity contribution in [3.05, 3.63) is 82.2 Å². The predicted molar refractivity (Wildman–Crippen MR) is 118 cm³/mol. The number of nitrogens with zero attached hydrogens (tertiary/aromatic N) is 1. The number of hydrogen-bond donors (Lipinski definition) is 2. The van der Waals surface area contributed by atoms with Crippen LogP contribution in [0.4, 0.5) is 5.69 Å². The number of hydrazone groups is 1. The molecule has 1 heterocycles. The molecule has 0 spiro atoms. The summed E-state index contributed by atoms with van der Waals surface area (Å²) in [6, 6.07) is 17.7. The Balaban J connectivity index is 1.55. The molecule has 2 N–H and O–H groups in total. The van der Waals surface area contributed by atoms with E-state index < -0.39 is 5.91 Å². The van der Waals surface area contributed by atoms with Gasteiger partial charge in [-0.25, -0.2) is 5.43 Å². The van der Waals surface area contributed by atoms with Crippen LogP contribution in [0.3, 0.4) is 0 Å². The van der Waals surface area contributed by atoms with Gasteiger partial charge in [-0.2, -0.15) is 5.10 Å². The van der Waals surface area contributed by atoms with E-state index in [2.05, 4.69) is 31.8 Å². The lowest BCUT2D eigenvalue weighted by molar-refractivity contribution is -0.115. The molecule has 30 heavy (non-hydrogen) atoms. The van der Waals surface area contributed by atoms with Gasteiger partial charge >= 0.3 is 5.91 Å². The molecule has 3 rings (SSSR count). The SMILES string of the molecule is COc1ccc(CC(=O)Nc2ccc(/C(C)=N/NC(=O)c3ccc(Br)o3)cc2)cc1. The first-order valence-corrected chi connectivity index (χ1v) is 9.87. The van der Waals surface area contributed by atoms with Crippen LogP contribution in [0.1, 0.15) is 28.6 Å². The van der Waals surface area contributed by atoms with Gasteiger partial charge in [0.25, 0.3) is 0 Å². The standard InChI is InChI=1S/C22H20BrN3O4/c1-14(25-26-22(28)19-11-12-20(23)30-19)16-5-7-17(8-6-16)24-21(27)13-15-3-9-18(29-2)10-4-15/h3-12H,13H2,1-2H3,(H,24,27)(H,26,28)/b25-14+. The van der Waals surface area contributed by atoms with Gasteiger partial charge in [-0.3, -0.25) is 9.59 Å². The van der Waals surface area contributed by atoms with E-state index in [1.165, 1.54) is 0 Å². The summed E-state index contributed by atoms with van der Waals surface area (Å²) < 4.78 is 10.8. The molecule has 2 aromatic carbocycles. The lowest BCUT2D eigenvalue weighted by atomic mass is 10.1. The van der Waals surface area contributed by atoms with Crippen molar-refractivity contribution in [2.45, 2.75) is 13.3 Å². The van der Waals surface area contributed by atoms with Crippen LogP contribution in [0, 0.1) is 0 Å². The summed E-state index contributed by atoms with van der Waals surface area (Å²) in [5.41, 5.74) is 5.44. The Bertz CT molecular complexity index is 1060. The average Bonchev–Trinajstić information content (AvgIpc) is 3.19. The molecule has 0 saturated carbocycles. The molecule has 0 aliphatic carbocycles. The normalized spacial score (nSPS) is 11.1. The van der Waals surface area contributed by atoms with Crippen LogP contribution in [0.2, 0.25) is 0 Å². The van der Waals surface area contributed by atoms with Gasteiger partial charge in [0.1, 0.15) is 5.75 Å². The summed E-state index contributed by atoms with van der Waals surface area (Å²) in [7, 11) is 1.60. The Morgan fingerprint density at radius 1 is 1.03 bits per heavy atom. The molecule has 0 saturated heterocycles. The van der Waals surface area contributed by atoms with Gasteiger partial charge in [-0.1, -0.05) is 24.3 Å². The third-order valence-corrected chi connectivity index (χ3v) is 4.66. The molecule has 7 nitrogen and oxygen atoms in total. The third-order valence-electron chi connectivity index (χ3n) is 4.23. The number of benzene rings is 2. The summed E-state index contributed by atoms with van der Waals surface area (Å²) in [6.07, 6.45) is 0.265. The highest BCUT2D eigenvalue weighted by Gasteiger charge is 2.10.